The molecule has 2 rings (SSSR count). The van der Waals surface area contributed by atoms with Gasteiger partial charge in [-0.1, -0.05) is 27.2 Å². The Hall–Kier alpha value is -1.20. The Labute approximate surface area is 101 Å². The van der Waals surface area contributed by atoms with Crippen molar-refractivity contribution in [3.63, 3.8) is 0 Å². The van der Waals surface area contributed by atoms with Gasteiger partial charge in [0.25, 0.3) is 0 Å². The van der Waals surface area contributed by atoms with Crippen LogP contribution in [0, 0.1) is 5.82 Å². The Morgan fingerprint density at radius 2 is 2.19 bits per heavy atom. The molecule has 1 aromatic heterocycles. The third-order valence-corrected chi connectivity index (χ3v) is 2.87. The Bertz CT molecular complexity index is 459. The smallest absolute Gasteiger partial charge is 0.124 e. The molecule has 1 heterocycles. The SMILES string of the molecule is Fc1ccc(CNCc2ccon2)c(Br)c1. The first-order chi connectivity index (χ1) is 7.75. The summed E-state index contributed by atoms with van der Waals surface area (Å²) in [5, 5.41) is 6.96. The van der Waals surface area contributed by atoms with Gasteiger partial charge in [0.15, 0.2) is 0 Å². The van der Waals surface area contributed by atoms with E-state index in [1.54, 1.807) is 12.1 Å². The van der Waals surface area contributed by atoms with E-state index in [9.17, 15) is 4.39 Å². The molecule has 1 aromatic carbocycles. The molecule has 1 N–H and O–H groups in total. The number of aromatic nitrogens is 1. The van der Waals surface area contributed by atoms with Crippen molar-refractivity contribution in [2.75, 3.05) is 0 Å². The molecule has 5 heteroatoms. The largest absolute Gasteiger partial charge is 0.364 e. The fourth-order valence-corrected chi connectivity index (χ4v) is 1.81. The molecule has 3 nitrogen and oxygen atoms in total. The molecule has 0 saturated heterocycles. The van der Waals surface area contributed by atoms with Crippen molar-refractivity contribution in [2.45, 2.75) is 13.1 Å². The van der Waals surface area contributed by atoms with Crippen LogP contribution in [0.3, 0.4) is 0 Å². The van der Waals surface area contributed by atoms with Crippen LogP contribution >= 0.6 is 15.9 Å². The number of hydrogen-bond donors (Lipinski definition) is 1. The lowest BCUT2D eigenvalue weighted by Crippen LogP contribution is -2.13. The van der Waals surface area contributed by atoms with Gasteiger partial charge in [0.2, 0.25) is 0 Å². The first-order valence-corrected chi connectivity index (χ1v) is 5.59. The molecule has 0 spiro atoms. The summed E-state index contributed by atoms with van der Waals surface area (Å²) in [5.41, 5.74) is 1.85. The van der Waals surface area contributed by atoms with Crippen molar-refractivity contribution >= 4 is 15.9 Å². The number of rotatable bonds is 4. The van der Waals surface area contributed by atoms with Crippen molar-refractivity contribution in [3.8, 4) is 0 Å². The highest BCUT2D eigenvalue weighted by atomic mass is 79.9. The Balaban J connectivity index is 1.90. The molecule has 0 bridgehead atoms. The summed E-state index contributed by atoms with van der Waals surface area (Å²) in [7, 11) is 0. The molecule has 0 atom stereocenters. The van der Waals surface area contributed by atoms with Gasteiger partial charge in [-0.05, 0) is 17.7 Å². The van der Waals surface area contributed by atoms with E-state index < -0.39 is 0 Å². The van der Waals surface area contributed by atoms with Gasteiger partial charge in [0, 0.05) is 23.6 Å². The zero-order chi connectivity index (χ0) is 11.4. The molecular formula is C11H10BrFN2O. The second-order valence-electron chi connectivity index (χ2n) is 3.33. The van der Waals surface area contributed by atoms with Crippen LogP contribution in [0.4, 0.5) is 4.39 Å². The van der Waals surface area contributed by atoms with Gasteiger partial charge in [-0.15, -0.1) is 0 Å². The van der Waals surface area contributed by atoms with E-state index in [0.717, 1.165) is 15.7 Å². The Morgan fingerprint density at radius 3 is 2.88 bits per heavy atom. The molecule has 0 aliphatic rings. The number of nitrogens with zero attached hydrogens (tertiary/aromatic N) is 1. The average Bonchev–Trinajstić information content (AvgIpc) is 2.74. The molecular weight excluding hydrogens is 275 g/mol. The minimum Gasteiger partial charge on any atom is -0.364 e. The number of nitrogens with one attached hydrogen (secondary N) is 1. The number of benzene rings is 1. The Morgan fingerprint density at radius 1 is 1.31 bits per heavy atom. The van der Waals surface area contributed by atoms with E-state index in [0.29, 0.717) is 13.1 Å². The molecule has 84 valence electrons. The molecule has 0 radical (unpaired) electrons. The minimum atomic E-state index is -0.243. The van der Waals surface area contributed by atoms with Gasteiger partial charge in [0.05, 0.1) is 5.69 Å². The summed E-state index contributed by atoms with van der Waals surface area (Å²) in [6.07, 6.45) is 1.53. The molecule has 16 heavy (non-hydrogen) atoms. The van der Waals surface area contributed by atoms with Crippen molar-refractivity contribution in [1.82, 2.24) is 10.5 Å². The molecule has 0 fully saturated rings. The second kappa shape index (κ2) is 5.23. The highest BCUT2D eigenvalue weighted by Gasteiger charge is 2.02. The highest BCUT2D eigenvalue weighted by Crippen LogP contribution is 2.17. The van der Waals surface area contributed by atoms with Crippen molar-refractivity contribution < 1.29 is 8.91 Å². The van der Waals surface area contributed by atoms with Crippen LogP contribution in [0.1, 0.15) is 11.3 Å². The summed E-state index contributed by atoms with van der Waals surface area (Å²) in [6, 6.07) is 6.44. The van der Waals surface area contributed by atoms with Gasteiger partial charge in [-0.25, -0.2) is 4.39 Å². The monoisotopic (exact) mass is 284 g/mol. The first-order valence-electron chi connectivity index (χ1n) is 4.79. The minimum absolute atomic E-state index is 0.243. The highest BCUT2D eigenvalue weighted by molar-refractivity contribution is 9.10. The van der Waals surface area contributed by atoms with Crippen molar-refractivity contribution in [3.05, 3.63) is 52.1 Å². The van der Waals surface area contributed by atoms with Crippen LogP contribution in [0.25, 0.3) is 0 Å². The molecule has 0 unspecified atom stereocenters. The lowest BCUT2D eigenvalue weighted by atomic mass is 10.2. The predicted molar refractivity (Wildman–Crippen MR) is 61.1 cm³/mol. The summed E-state index contributed by atoms with van der Waals surface area (Å²) >= 11 is 3.31. The zero-order valence-electron chi connectivity index (χ0n) is 8.41. The van der Waals surface area contributed by atoms with Crippen LogP contribution in [0.15, 0.2) is 39.5 Å². The maximum absolute atomic E-state index is 12.8. The zero-order valence-corrected chi connectivity index (χ0v) is 10.00. The van der Waals surface area contributed by atoms with Crippen LogP contribution in [0.5, 0.6) is 0 Å². The Kier molecular flexibility index (Phi) is 3.69. The molecule has 0 saturated carbocycles. The quantitative estimate of drug-likeness (QED) is 0.938. The van der Waals surface area contributed by atoms with Crippen LogP contribution in [0.2, 0.25) is 0 Å². The molecule has 0 aliphatic carbocycles. The molecule has 2 aromatic rings. The van der Waals surface area contributed by atoms with Gasteiger partial charge in [-0.2, -0.15) is 0 Å². The predicted octanol–water partition coefficient (Wildman–Crippen LogP) is 2.87. The number of halogens is 2. The molecule has 0 amide bonds. The molecule has 0 aliphatic heterocycles. The fraction of sp³-hybridized carbons (Fsp3) is 0.182. The van der Waals surface area contributed by atoms with Gasteiger partial charge in [-0.3, -0.25) is 0 Å². The average molecular weight is 285 g/mol. The van der Waals surface area contributed by atoms with E-state index in [1.807, 2.05) is 0 Å². The van der Waals surface area contributed by atoms with Crippen molar-refractivity contribution in [2.24, 2.45) is 0 Å². The summed E-state index contributed by atoms with van der Waals surface area (Å²) < 4.78 is 18.3. The standard InChI is InChI=1S/C11H10BrFN2O/c12-11-5-9(13)2-1-8(11)6-14-7-10-3-4-16-15-10/h1-5,14H,6-7H2. The maximum atomic E-state index is 12.8. The maximum Gasteiger partial charge on any atom is 0.124 e. The van der Waals surface area contributed by atoms with Crippen LogP contribution < -0.4 is 5.32 Å². The van der Waals surface area contributed by atoms with Gasteiger partial charge < -0.3 is 9.84 Å². The van der Waals surface area contributed by atoms with Crippen molar-refractivity contribution in [1.29, 1.82) is 0 Å². The van der Waals surface area contributed by atoms with Gasteiger partial charge >= 0.3 is 0 Å². The van der Waals surface area contributed by atoms with E-state index in [-0.39, 0.29) is 5.82 Å². The third kappa shape index (κ3) is 2.90. The number of hydrogen-bond acceptors (Lipinski definition) is 3. The van der Waals surface area contributed by atoms with E-state index >= 15 is 0 Å². The van der Waals surface area contributed by atoms with Gasteiger partial charge in [0.1, 0.15) is 12.1 Å². The van der Waals surface area contributed by atoms with Crippen LogP contribution in [-0.2, 0) is 13.1 Å². The second-order valence-corrected chi connectivity index (χ2v) is 4.18. The van der Waals surface area contributed by atoms with E-state index in [4.69, 9.17) is 4.52 Å². The first kappa shape index (κ1) is 11.3. The third-order valence-electron chi connectivity index (χ3n) is 2.13. The van der Waals surface area contributed by atoms with Crippen LogP contribution in [-0.4, -0.2) is 5.16 Å². The lowest BCUT2D eigenvalue weighted by Gasteiger charge is -2.05. The normalized spacial score (nSPS) is 10.6. The lowest BCUT2D eigenvalue weighted by molar-refractivity contribution is 0.408. The summed E-state index contributed by atoms with van der Waals surface area (Å²) in [4.78, 5) is 0. The topological polar surface area (TPSA) is 38.1 Å². The fourth-order valence-electron chi connectivity index (χ4n) is 1.32. The van der Waals surface area contributed by atoms with E-state index in [1.165, 1.54) is 18.4 Å². The summed E-state index contributed by atoms with van der Waals surface area (Å²) in [5.74, 6) is -0.243. The summed E-state index contributed by atoms with van der Waals surface area (Å²) in [6.45, 7) is 1.27. The van der Waals surface area contributed by atoms with E-state index in [2.05, 4.69) is 26.4 Å².